The predicted octanol–water partition coefficient (Wildman–Crippen LogP) is 5.65. The maximum atomic E-state index is 4.45. The van der Waals surface area contributed by atoms with Gasteiger partial charge in [-0.05, 0) is 62.3 Å². The van der Waals surface area contributed by atoms with Crippen LogP contribution >= 0.6 is 0 Å². The van der Waals surface area contributed by atoms with Crippen molar-refractivity contribution >= 4 is 5.70 Å². The molecule has 21 heavy (non-hydrogen) atoms. The lowest BCUT2D eigenvalue weighted by Crippen LogP contribution is -2.28. The van der Waals surface area contributed by atoms with Crippen LogP contribution in [0.3, 0.4) is 0 Å². The van der Waals surface area contributed by atoms with Crippen LogP contribution in [0, 0.1) is 33.6 Å². The number of nitrogens with zero attached hydrogens (tertiary/aromatic N) is 1. The maximum Gasteiger partial charge on any atom is 0.0372 e. The van der Waals surface area contributed by atoms with E-state index in [1.807, 2.05) is 0 Å². The highest BCUT2D eigenvalue weighted by atomic mass is 15.1. The van der Waals surface area contributed by atoms with E-state index in [-0.39, 0.29) is 0 Å². The highest BCUT2D eigenvalue weighted by molar-refractivity contribution is 5.69. The third-order valence-corrected chi connectivity index (χ3v) is 4.75. The number of benzene rings is 1. The number of hydrogen-bond acceptors (Lipinski definition) is 1. The minimum Gasteiger partial charge on any atom is -0.371 e. The average Bonchev–Trinajstić information content (AvgIpc) is 2.44. The molecular formula is C20H33N. The first-order chi connectivity index (χ1) is 9.83. The summed E-state index contributed by atoms with van der Waals surface area (Å²) >= 11 is 0. The smallest absolute Gasteiger partial charge is 0.0372 e. The van der Waals surface area contributed by atoms with Crippen molar-refractivity contribution in [2.45, 2.75) is 61.3 Å². The van der Waals surface area contributed by atoms with Gasteiger partial charge in [-0.2, -0.15) is 0 Å². The summed E-state index contributed by atoms with van der Waals surface area (Å²) in [5.41, 5.74) is 8.08. The lowest BCUT2D eigenvalue weighted by molar-refractivity contribution is 0.330. The third kappa shape index (κ3) is 4.12. The summed E-state index contributed by atoms with van der Waals surface area (Å²) in [7, 11) is 0. The van der Waals surface area contributed by atoms with E-state index in [9.17, 15) is 0 Å². The first kappa shape index (κ1) is 17.8. The summed E-state index contributed by atoms with van der Waals surface area (Å²) < 4.78 is 0. The van der Waals surface area contributed by atoms with Crippen molar-refractivity contribution < 1.29 is 0 Å². The summed E-state index contributed by atoms with van der Waals surface area (Å²) in [6.45, 7) is 22.4. The Labute approximate surface area is 132 Å². The van der Waals surface area contributed by atoms with E-state index < -0.39 is 0 Å². The summed E-state index contributed by atoms with van der Waals surface area (Å²) in [4.78, 5) is 2.48. The van der Waals surface area contributed by atoms with Crippen molar-refractivity contribution in [3.8, 4) is 0 Å². The molecule has 0 saturated heterocycles. The Kier molecular flexibility index (Phi) is 6.51. The summed E-state index contributed by atoms with van der Waals surface area (Å²) in [6, 6.07) is 2.30. The fourth-order valence-corrected chi connectivity index (χ4v) is 3.00. The van der Waals surface area contributed by atoms with Gasteiger partial charge in [0.15, 0.2) is 0 Å². The zero-order chi connectivity index (χ0) is 16.2. The molecule has 0 bridgehead atoms. The molecule has 0 aliphatic carbocycles. The van der Waals surface area contributed by atoms with Gasteiger partial charge in [0.2, 0.25) is 0 Å². The Morgan fingerprint density at radius 3 is 2.24 bits per heavy atom. The Bertz CT molecular complexity index is 499. The number of hydrogen-bond donors (Lipinski definition) is 0. The van der Waals surface area contributed by atoms with Gasteiger partial charge in [-0.3, -0.25) is 0 Å². The van der Waals surface area contributed by atoms with Crippen molar-refractivity contribution in [3.05, 3.63) is 40.5 Å². The second-order valence-electron chi connectivity index (χ2n) is 6.54. The van der Waals surface area contributed by atoms with Crippen LogP contribution in [0.1, 0.15) is 61.4 Å². The van der Waals surface area contributed by atoms with Gasteiger partial charge in [0.25, 0.3) is 0 Å². The molecule has 1 rings (SSSR count). The van der Waals surface area contributed by atoms with Crippen LogP contribution in [0.15, 0.2) is 12.6 Å². The van der Waals surface area contributed by atoms with Crippen LogP contribution in [0.4, 0.5) is 0 Å². The Balaban J connectivity index is 3.18. The lowest BCUT2D eigenvalue weighted by atomic mass is 9.92. The Morgan fingerprint density at radius 2 is 1.71 bits per heavy atom. The first-order valence-electron chi connectivity index (χ1n) is 8.35. The van der Waals surface area contributed by atoms with Gasteiger partial charge in [0.1, 0.15) is 0 Å². The van der Waals surface area contributed by atoms with Crippen molar-refractivity contribution in [1.29, 1.82) is 0 Å². The molecule has 0 N–H and O–H groups in total. The van der Waals surface area contributed by atoms with E-state index in [0.29, 0.717) is 5.92 Å². The van der Waals surface area contributed by atoms with Gasteiger partial charge in [-0.25, -0.2) is 0 Å². The second kappa shape index (κ2) is 7.68. The van der Waals surface area contributed by atoms with Crippen molar-refractivity contribution in [3.63, 3.8) is 0 Å². The fourth-order valence-electron chi connectivity index (χ4n) is 3.00. The van der Waals surface area contributed by atoms with E-state index in [2.05, 4.69) is 66.0 Å². The Morgan fingerprint density at radius 1 is 1.10 bits per heavy atom. The Hall–Kier alpha value is -1.24. The third-order valence-electron chi connectivity index (χ3n) is 4.75. The van der Waals surface area contributed by atoms with Crippen molar-refractivity contribution in [2.24, 2.45) is 5.92 Å². The van der Waals surface area contributed by atoms with Gasteiger partial charge in [0.05, 0.1) is 0 Å². The van der Waals surface area contributed by atoms with Crippen LogP contribution < -0.4 is 0 Å². The monoisotopic (exact) mass is 287 g/mol. The molecule has 1 atom stereocenters. The van der Waals surface area contributed by atoms with Gasteiger partial charge < -0.3 is 4.90 Å². The molecule has 0 spiro atoms. The number of aryl methyl sites for hydroxylation is 2. The SMILES string of the molecule is C=C(c1c(C)cc(C)c(C)c1C)N(CCC)C[C@H](C)CC. The normalized spacial score (nSPS) is 12.3. The molecule has 0 saturated carbocycles. The lowest BCUT2D eigenvalue weighted by Gasteiger charge is -2.31. The molecular weight excluding hydrogens is 254 g/mol. The van der Waals surface area contributed by atoms with Gasteiger partial charge in [-0.15, -0.1) is 0 Å². The largest absolute Gasteiger partial charge is 0.371 e. The molecule has 0 unspecified atom stereocenters. The molecule has 0 fully saturated rings. The standard InChI is InChI=1S/C20H33N/c1-9-11-21(13-14(3)10-2)19(8)20-16(5)12-15(4)17(6)18(20)7/h12,14H,8-11,13H2,1-7H3/t14-/m1/s1. The highest BCUT2D eigenvalue weighted by Crippen LogP contribution is 2.29. The zero-order valence-corrected chi connectivity index (χ0v) is 15.1. The molecule has 0 amide bonds. The highest BCUT2D eigenvalue weighted by Gasteiger charge is 2.17. The van der Waals surface area contributed by atoms with Crippen LogP contribution in [-0.2, 0) is 0 Å². The van der Waals surface area contributed by atoms with Crippen LogP contribution in [0.2, 0.25) is 0 Å². The molecule has 0 heterocycles. The second-order valence-corrected chi connectivity index (χ2v) is 6.54. The minimum atomic E-state index is 0.709. The zero-order valence-electron chi connectivity index (χ0n) is 15.1. The van der Waals surface area contributed by atoms with Crippen molar-refractivity contribution in [1.82, 2.24) is 4.90 Å². The van der Waals surface area contributed by atoms with E-state index in [1.165, 1.54) is 46.4 Å². The molecule has 1 aromatic rings. The average molecular weight is 287 g/mol. The topological polar surface area (TPSA) is 3.24 Å². The molecule has 0 radical (unpaired) electrons. The number of rotatable bonds is 7. The first-order valence-corrected chi connectivity index (χ1v) is 8.35. The molecule has 1 heteroatoms. The van der Waals surface area contributed by atoms with Crippen LogP contribution in [0.5, 0.6) is 0 Å². The minimum absolute atomic E-state index is 0.709. The van der Waals surface area contributed by atoms with E-state index in [4.69, 9.17) is 0 Å². The van der Waals surface area contributed by atoms with E-state index in [1.54, 1.807) is 0 Å². The maximum absolute atomic E-state index is 4.45. The molecule has 1 nitrogen and oxygen atoms in total. The molecule has 0 aliphatic rings. The predicted molar refractivity (Wildman–Crippen MR) is 95.7 cm³/mol. The summed E-state index contributed by atoms with van der Waals surface area (Å²) in [6.07, 6.45) is 2.39. The summed E-state index contributed by atoms with van der Waals surface area (Å²) in [5.74, 6) is 0.709. The van der Waals surface area contributed by atoms with Gasteiger partial charge in [-0.1, -0.05) is 39.8 Å². The van der Waals surface area contributed by atoms with Crippen molar-refractivity contribution in [2.75, 3.05) is 13.1 Å². The molecule has 0 aliphatic heterocycles. The molecule has 1 aromatic carbocycles. The van der Waals surface area contributed by atoms with Crippen LogP contribution in [0.25, 0.3) is 5.70 Å². The van der Waals surface area contributed by atoms with Gasteiger partial charge in [0, 0.05) is 24.4 Å². The van der Waals surface area contributed by atoms with Gasteiger partial charge >= 0.3 is 0 Å². The fraction of sp³-hybridized carbons (Fsp3) is 0.600. The quantitative estimate of drug-likeness (QED) is 0.626. The van der Waals surface area contributed by atoms with E-state index >= 15 is 0 Å². The van der Waals surface area contributed by atoms with Crippen LogP contribution in [-0.4, -0.2) is 18.0 Å². The van der Waals surface area contributed by atoms with E-state index in [0.717, 1.165) is 13.1 Å². The molecule has 118 valence electrons. The summed E-state index contributed by atoms with van der Waals surface area (Å²) in [5, 5.41) is 0. The molecule has 0 aromatic heterocycles.